The van der Waals surface area contributed by atoms with E-state index in [-0.39, 0.29) is 11.5 Å². The summed E-state index contributed by atoms with van der Waals surface area (Å²) in [6.45, 7) is 0.769. The van der Waals surface area contributed by atoms with Gasteiger partial charge in [-0.05, 0) is 24.1 Å². The highest BCUT2D eigenvalue weighted by Gasteiger charge is 2.12. The van der Waals surface area contributed by atoms with E-state index in [2.05, 4.69) is 4.72 Å². The standard InChI is InChI=1S/C11H17NO4S/c1-16-8-2-7-12-17(14,15)11-5-3-10(9-13)4-6-11/h3-6,12-13H,2,7-9H2,1H3. The SMILES string of the molecule is COCCCNS(=O)(=O)c1ccc(CO)cc1. The van der Waals surface area contributed by atoms with Crippen LogP contribution in [0.5, 0.6) is 0 Å². The normalized spacial score (nSPS) is 11.6. The fraction of sp³-hybridized carbons (Fsp3) is 0.455. The molecule has 2 N–H and O–H groups in total. The Balaban J connectivity index is 2.62. The van der Waals surface area contributed by atoms with Crippen molar-refractivity contribution in [2.75, 3.05) is 20.3 Å². The highest BCUT2D eigenvalue weighted by molar-refractivity contribution is 7.89. The third-order valence-corrected chi connectivity index (χ3v) is 3.71. The minimum atomic E-state index is -3.45. The molecule has 0 unspecified atom stereocenters. The summed E-state index contributed by atoms with van der Waals surface area (Å²) in [5.74, 6) is 0. The van der Waals surface area contributed by atoms with Crippen molar-refractivity contribution < 1.29 is 18.3 Å². The van der Waals surface area contributed by atoms with E-state index in [9.17, 15) is 8.42 Å². The van der Waals surface area contributed by atoms with Gasteiger partial charge in [0.05, 0.1) is 11.5 Å². The zero-order valence-electron chi connectivity index (χ0n) is 9.72. The molecule has 0 bridgehead atoms. The maximum Gasteiger partial charge on any atom is 0.240 e. The van der Waals surface area contributed by atoms with Crippen LogP contribution in [0.1, 0.15) is 12.0 Å². The minimum absolute atomic E-state index is 0.0956. The highest BCUT2D eigenvalue weighted by Crippen LogP contribution is 2.10. The van der Waals surface area contributed by atoms with Crippen LogP contribution in [0.15, 0.2) is 29.2 Å². The van der Waals surface area contributed by atoms with Gasteiger partial charge >= 0.3 is 0 Å². The Morgan fingerprint density at radius 1 is 1.29 bits per heavy atom. The van der Waals surface area contributed by atoms with E-state index in [4.69, 9.17) is 9.84 Å². The van der Waals surface area contributed by atoms with Crippen molar-refractivity contribution in [3.63, 3.8) is 0 Å². The van der Waals surface area contributed by atoms with Gasteiger partial charge in [0.1, 0.15) is 0 Å². The second-order valence-corrected chi connectivity index (χ2v) is 5.31. The number of aliphatic hydroxyl groups is 1. The van der Waals surface area contributed by atoms with Crippen molar-refractivity contribution in [3.05, 3.63) is 29.8 Å². The summed E-state index contributed by atoms with van der Waals surface area (Å²) in [6.07, 6.45) is 0.629. The van der Waals surface area contributed by atoms with E-state index >= 15 is 0 Å². The number of hydrogen-bond donors (Lipinski definition) is 2. The molecule has 17 heavy (non-hydrogen) atoms. The smallest absolute Gasteiger partial charge is 0.240 e. The Morgan fingerprint density at radius 3 is 2.47 bits per heavy atom. The van der Waals surface area contributed by atoms with E-state index in [1.807, 2.05) is 0 Å². The first-order valence-electron chi connectivity index (χ1n) is 5.28. The number of ether oxygens (including phenoxy) is 1. The van der Waals surface area contributed by atoms with Crippen molar-refractivity contribution in [1.29, 1.82) is 0 Å². The van der Waals surface area contributed by atoms with E-state index in [0.717, 1.165) is 0 Å². The maximum atomic E-state index is 11.8. The van der Waals surface area contributed by atoms with E-state index in [0.29, 0.717) is 25.1 Å². The van der Waals surface area contributed by atoms with Gasteiger partial charge in [-0.2, -0.15) is 0 Å². The van der Waals surface area contributed by atoms with Gasteiger partial charge in [0, 0.05) is 20.3 Å². The Bertz CT molecular complexity index is 427. The molecule has 0 amide bonds. The van der Waals surface area contributed by atoms with Gasteiger partial charge in [0.2, 0.25) is 10.0 Å². The molecular formula is C11H17NO4S. The van der Waals surface area contributed by atoms with Gasteiger partial charge in [-0.15, -0.1) is 0 Å². The second kappa shape index (κ2) is 6.70. The van der Waals surface area contributed by atoms with Gasteiger partial charge in [-0.3, -0.25) is 0 Å². The van der Waals surface area contributed by atoms with E-state index in [1.54, 1.807) is 19.2 Å². The molecule has 1 rings (SSSR count). The largest absolute Gasteiger partial charge is 0.392 e. The third kappa shape index (κ3) is 4.43. The quantitative estimate of drug-likeness (QED) is 0.699. The second-order valence-electron chi connectivity index (χ2n) is 3.55. The molecule has 0 saturated heterocycles. The lowest BCUT2D eigenvalue weighted by atomic mass is 10.2. The van der Waals surface area contributed by atoms with E-state index < -0.39 is 10.0 Å². The van der Waals surface area contributed by atoms with Crippen molar-refractivity contribution in [2.24, 2.45) is 0 Å². The van der Waals surface area contributed by atoms with Gasteiger partial charge in [-0.1, -0.05) is 12.1 Å². The zero-order chi connectivity index (χ0) is 12.7. The summed E-state index contributed by atoms with van der Waals surface area (Å²) in [5, 5.41) is 8.85. The monoisotopic (exact) mass is 259 g/mol. The van der Waals surface area contributed by atoms with Gasteiger partial charge in [0.15, 0.2) is 0 Å². The molecule has 0 saturated carbocycles. The van der Waals surface area contributed by atoms with Gasteiger partial charge in [0.25, 0.3) is 0 Å². The van der Waals surface area contributed by atoms with Gasteiger partial charge < -0.3 is 9.84 Å². The fourth-order valence-electron chi connectivity index (χ4n) is 1.28. The zero-order valence-corrected chi connectivity index (χ0v) is 10.5. The fourth-order valence-corrected chi connectivity index (χ4v) is 2.35. The molecule has 0 radical (unpaired) electrons. The predicted octanol–water partition coefficient (Wildman–Crippen LogP) is 0.494. The molecule has 0 aliphatic rings. The van der Waals surface area contributed by atoms with Crippen LogP contribution in [0, 0.1) is 0 Å². The minimum Gasteiger partial charge on any atom is -0.392 e. The topological polar surface area (TPSA) is 75.6 Å². The van der Waals surface area contributed by atoms with Crippen LogP contribution in [0.3, 0.4) is 0 Å². The molecule has 0 aliphatic carbocycles. The lowest BCUT2D eigenvalue weighted by Gasteiger charge is -2.06. The van der Waals surface area contributed by atoms with Crippen LogP contribution in [-0.4, -0.2) is 33.8 Å². The van der Waals surface area contributed by atoms with Crippen molar-refractivity contribution in [2.45, 2.75) is 17.9 Å². The third-order valence-electron chi connectivity index (χ3n) is 2.23. The molecule has 0 atom stereocenters. The van der Waals surface area contributed by atoms with Gasteiger partial charge in [-0.25, -0.2) is 13.1 Å². The number of nitrogens with one attached hydrogen (secondary N) is 1. The number of benzene rings is 1. The first-order valence-corrected chi connectivity index (χ1v) is 6.77. The highest BCUT2D eigenvalue weighted by atomic mass is 32.2. The maximum absolute atomic E-state index is 11.8. The van der Waals surface area contributed by atoms with Crippen molar-refractivity contribution in [1.82, 2.24) is 4.72 Å². The molecule has 0 fully saturated rings. The van der Waals surface area contributed by atoms with Crippen LogP contribution in [0.25, 0.3) is 0 Å². The summed E-state index contributed by atoms with van der Waals surface area (Å²) in [7, 11) is -1.88. The molecule has 1 aromatic carbocycles. The number of aliphatic hydroxyl groups excluding tert-OH is 1. The van der Waals surface area contributed by atoms with Crippen LogP contribution in [-0.2, 0) is 21.4 Å². The average molecular weight is 259 g/mol. The first kappa shape index (κ1) is 14.1. The Labute approximate surface area is 101 Å². The summed E-state index contributed by atoms with van der Waals surface area (Å²) in [4.78, 5) is 0.201. The lowest BCUT2D eigenvalue weighted by Crippen LogP contribution is -2.25. The first-order chi connectivity index (χ1) is 8.10. The molecule has 6 heteroatoms. The summed E-state index contributed by atoms with van der Waals surface area (Å²) >= 11 is 0. The molecular weight excluding hydrogens is 242 g/mol. The molecule has 5 nitrogen and oxygen atoms in total. The Morgan fingerprint density at radius 2 is 1.94 bits per heavy atom. The number of rotatable bonds is 7. The number of sulfonamides is 1. The average Bonchev–Trinajstić information content (AvgIpc) is 2.35. The lowest BCUT2D eigenvalue weighted by molar-refractivity contribution is 0.196. The van der Waals surface area contributed by atoms with Crippen LogP contribution >= 0.6 is 0 Å². The molecule has 0 spiro atoms. The summed E-state index contributed by atoms with van der Waals surface area (Å²) in [6, 6.07) is 6.13. The molecule has 1 aromatic rings. The van der Waals surface area contributed by atoms with Crippen molar-refractivity contribution >= 4 is 10.0 Å². The molecule has 96 valence electrons. The van der Waals surface area contributed by atoms with E-state index in [1.165, 1.54) is 12.1 Å². The molecule has 0 heterocycles. The number of hydrogen-bond acceptors (Lipinski definition) is 4. The predicted molar refractivity (Wildman–Crippen MR) is 64.0 cm³/mol. The van der Waals surface area contributed by atoms with Crippen LogP contribution in [0.4, 0.5) is 0 Å². The Kier molecular flexibility index (Phi) is 5.57. The number of methoxy groups -OCH3 is 1. The Hall–Kier alpha value is -0.950. The van der Waals surface area contributed by atoms with Crippen LogP contribution < -0.4 is 4.72 Å². The summed E-state index contributed by atoms with van der Waals surface area (Å²) < 4.78 is 30.9. The molecule has 0 aromatic heterocycles. The van der Waals surface area contributed by atoms with Crippen molar-refractivity contribution in [3.8, 4) is 0 Å². The molecule has 0 aliphatic heterocycles. The van der Waals surface area contributed by atoms with Crippen LogP contribution in [0.2, 0.25) is 0 Å². The summed E-state index contributed by atoms with van der Waals surface area (Å²) in [5.41, 5.74) is 0.684.